The first kappa shape index (κ1) is 48.9. The predicted molar refractivity (Wildman–Crippen MR) is 271 cm³/mol. The van der Waals surface area contributed by atoms with Crippen LogP contribution in [0.5, 0.6) is 0 Å². The highest BCUT2D eigenvalue weighted by atomic mass is 19.1. The van der Waals surface area contributed by atoms with Crippen LogP contribution in [0.15, 0.2) is 125 Å². The summed E-state index contributed by atoms with van der Waals surface area (Å²) in [5.41, 5.74) is 12.5. The number of fused-ring (bicyclic) bond motifs is 3. The SMILES string of the molecule is CC1(C)CC(=O)C2=C(Cc3[nH]ncc3C2(C)c2cccc(F)c2)C1.CC1(C)CC(=O)C2=C(Cc3[nH]ncc3[C@@]2(C)c2cccc(F)c2)C1.CC1(C)CC(=O)C2=C(Cc3[nH]ncc3[C@]2(C)c2cccc(F)c2)C1. The molecular weight excluding hydrogens is 910 g/mol. The molecule has 0 saturated heterocycles. The molecule has 3 heterocycles. The summed E-state index contributed by atoms with van der Waals surface area (Å²) in [6, 6.07) is 19.8. The third-order valence-corrected chi connectivity index (χ3v) is 16.5. The van der Waals surface area contributed by atoms with Crippen LogP contribution in [0.3, 0.4) is 0 Å². The Balaban J connectivity index is 0.000000124. The molecule has 9 nitrogen and oxygen atoms in total. The number of carbonyl (C=O) groups is 3. The van der Waals surface area contributed by atoms with Gasteiger partial charge in [0.15, 0.2) is 17.3 Å². The number of carbonyl (C=O) groups excluding carboxylic acids is 3. The molecule has 72 heavy (non-hydrogen) atoms. The van der Waals surface area contributed by atoms with E-state index in [-0.39, 0.29) is 51.0 Å². The van der Waals surface area contributed by atoms with Gasteiger partial charge >= 0.3 is 0 Å². The fourth-order valence-electron chi connectivity index (χ4n) is 13.7. The minimum Gasteiger partial charge on any atom is -0.294 e. The van der Waals surface area contributed by atoms with E-state index in [1.54, 1.807) is 55.0 Å². The Morgan fingerprint density at radius 3 is 0.917 bits per heavy atom. The summed E-state index contributed by atoms with van der Waals surface area (Å²) in [5, 5.41) is 21.9. The standard InChI is InChI=1S/3C20H21FN2O/c3*1-19(2)9-12-7-16-15(11-22-23-16)20(3,18(12)17(24)10-19)13-5-4-6-14(21)8-13/h3*4-6,8,11H,7,9-10H2,1-3H3,(H,22,23)/t2*20-;/m10./s1. The number of nitrogens with one attached hydrogen (secondary N) is 3. The molecule has 0 saturated carbocycles. The first-order chi connectivity index (χ1) is 33.9. The summed E-state index contributed by atoms with van der Waals surface area (Å²) in [7, 11) is 0. The van der Waals surface area contributed by atoms with Gasteiger partial charge < -0.3 is 0 Å². The minimum absolute atomic E-state index is 0.0315. The van der Waals surface area contributed by atoms with E-state index in [0.29, 0.717) is 19.3 Å². The minimum atomic E-state index is -0.647. The number of nitrogens with zero attached hydrogens (tertiary/aromatic N) is 3. The molecule has 0 amide bonds. The molecule has 12 rings (SSSR count). The van der Waals surface area contributed by atoms with Crippen LogP contribution in [-0.2, 0) is 49.9 Å². The number of halogens is 3. The van der Waals surface area contributed by atoms with Crippen molar-refractivity contribution in [2.24, 2.45) is 16.2 Å². The zero-order valence-electron chi connectivity index (χ0n) is 42.7. The normalized spacial score (nSPS) is 25.4. The molecule has 3 aromatic heterocycles. The Kier molecular flexibility index (Phi) is 11.7. The summed E-state index contributed by atoms with van der Waals surface area (Å²) >= 11 is 0. The molecule has 0 fully saturated rings. The molecule has 3 atom stereocenters. The van der Waals surface area contributed by atoms with Crippen LogP contribution in [0.2, 0.25) is 0 Å². The molecule has 1 unspecified atom stereocenters. The van der Waals surface area contributed by atoms with Gasteiger partial charge in [-0.05, 0) is 109 Å². The second-order valence-corrected chi connectivity index (χ2v) is 24.0. The Labute approximate surface area is 419 Å². The molecule has 6 aromatic rings. The number of Topliss-reactive ketones (excluding diaryl/α,β-unsaturated/α-hetero) is 3. The van der Waals surface area contributed by atoms with E-state index in [0.717, 1.165) is 106 Å². The zero-order chi connectivity index (χ0) is 51.3. The van der Waals surface area contributed by atoms with Crippen molar-refractivity contribution in [3.8, 4) is 0 Å². The molecule has 0 bridgehead atoms. The van der Waals surface area contributed by atoms with Crippen molar-refractivity contribution in [2.75, 3.05) is 0 Å². The summed E-state index contributed by atoms with van der Waals surface area (Å²) in [4.78, 5) is 39.2. The Morgan fingerprint density at radius 1 is 0.403 bits per heavy atom. The lowest BCUT2D eigenvalue weighted by Crippen LogP contribution is -2.40. The largest absolute Gasteiger partial charge is 0.294 e. The predicted octanol–water partition coefficient (Wildman–Crippen LogP) is 12.3. The summed E-state index contributed by atoms with van der Waals surface area (Å²) in [5.74, 6) is -0.306. The average molecular weight is 973 g/mol. The van der Waals surface area contributed by atoms with E-state index in [4.69, 9.17) is 0 Å². The van der Waals surface area contributed by atoms with Gasteiger partial charge in [0.2, 0.25) is 0 Å². The number of rotatable bonds is 3. The maximum Gasteiger partial charge on any atom is 0.160 e. The molecule has 0 spiro atoms. The lowest BCUT2D eigenvalue weighted by atomic mass is 9.59. The van der Waals surface area contributed by atoms with E-state index in [1.165, 1.54) is 34.9 Å². The Morgan fingerprint density at radius 2 is 0.667 bits per heavy atom. The number of hydrogen-bond donors (Lipinski definition) is 3. The van der Waals surface area contributed by atoms with Crippen molar-refractivity contribution in [1.29, 1.82) is 0 Å². The van der Waals surface area contributed by atoms with Gasteiger partial charge in [-0.1, -0.05) is 94.7 Å². The zero-order valence-corrected chi connectivity index (χ0v) is 42.7. The van der Waals surface area contributed by atoms with Crippen molar-refractivity contribution in [3.05, 3.63) is 193 Å². The molecule has 6 aliphatic carbocycles. The molecule has 372 valence electrons. The van der Waals surface area contributed by atoms with Gasteiger partial charge in [-0.3, -0.25) is 29.7 Å². The summed E-state index contributed by atoms with van der Waals surface area (Å²) in [6.45, 7) is 18.9. The molecule has 3 N–H and O–H groups in total. The van der Waals surface area contributed by atoms with Gasteiger partial charge in [0, 0.05) is 105 Å². The highest BCUT2D eigenvalue weighted by Gasteiger charge is 2.51. The van der Waals surface area contributed by atoms with Gasteiger partial charge in [-0.15, -0.1) is 0 Å². The van der Waals surface area contributed by atoms with E-state index in [1.807, 2.05) is 39.0 Å². The van der Waals surface area contributed by atoms with Crippen LogP contribution in [0.25, 0.3) is 0 Å². The van der Waals surface area contributed by atoms with Crippen molar-refractivity contribution in [1.82, 2.24) is 30.6 Å². The van der Waals surface area contributed by atoms with E-state index in [9.17, 15) is 27.6 Å². The highest BCUT2D eigenvalue weighted by molar-refractivity contribution is 6.03. The van der Waals surface area contributed by atoms with Crippen LogP contribution >= 0.6 is 0 Å². The third kappa shape index (κ3) is 8.18. The molecule has 3 aromatic carbocycles. The summed E-state index contributed by atoms with van der Waals surface area (Å²) in [6.07, 6.45) is 11.8. The smallest absolute Gasteiger partial charge is 0.160 e. The Bertz CT molecular complexity index is 2980. The molecule has 6 aliphatic rings. The van der Waals surface area contributed by atoms with Crippen LogP contribution < -0.4 is 0 Å². The first-order valence-corrected chi connectivity index (χ1v) is 25.1. The van der Waals surface area contributed by atoms with Crippen LogP contribution in [0.1, 0.15) is 151 Å². The second kappa shape index (κ2) is 17.2. The fourth-order valence-corrected chi connectivity index (χ4v) is 13.7. The fraction of sp³-hybridized carbons (Fsp3) is 0.400. The summed E-state index contributed by atoms with van der Waals surface area (Å²) < 4.78 is 41.7. The molecule has 0 aliphatic heterocycles. The van der Waals surface area contributed by atoms with Crippen molar-refractivity contribution in [2.45, 2.75) is 136 Å². The molecule has 12 heteroatoms. The number of allylic oxidation sites excluding steroid dienone is 6. The Hall–Kier alpha value is -6.69. The number of ketones is 3. The maximum absolute atomic E-state index is 13.9. The van der Waals surface area contributed by atoms with Crippen molar-refractivity contribution < 1.29 is 27.6 Å². The van der Waals surface area contributed by atoms with Gasteiger partial charge in [0.1, 0.15) is 17.5 Å². The van der Waals surface area contributed by atoms with Gasteiger partial charge in [-0.25, -0.2) is 13.2 Å². The third-order valence-electron chi connectivity index (χ3n) is 16.5. The molecular formula is C60H63F3N6O3. The number of hydrogen-bond acceptors (Lipinski definition) is 6. The lowest BCUT2D eigenvalue weighted by molar-refractivity contribution is -0.119. The second-order valence-electron chi connectivity index (χ2n) is 24.0. The van der Waals surface area contributed by atoms with Crippen molar-refractivity contribution >= 4 is 17.3 Å². The van der Waals surface area contributed by atoms with Gasteiger partial charge in [0.25, 0.3) is 0 Å². The first-order valence-electron chi connectivity index (χ1n) is 25.1. The topological polar surface area (TPSA) is 137 Å². The number of aromatic amines is 3. The number of benzene rings is 3. The monoisotopic (exact) mass is 972 g/mol. The van der Waals surface area contributed by atoms with Gasteiger partial charge in [-0.2, -0.15) is 15.3 Å². The van der Waals surface area contributed by atoms with Crippen LogP contribution in [0, 0.1) is 33.7 Å². The maximum atomic E-state index is 13.9. The number of aromatic nitrogens is 6. The number of H-pyrrole nitrogens is 3. The van der Waals surface area contributed by atoms with E-state index >= 15 is 0 Å². The quantitative estimate of drug-likeness (QED) is 0.162. The van der Waals surface area contributed by atoms with Crippen LogP contribution in [-0.4, -0.2) is 47.9 Å². The van der Waals surface area contributed by atoms with Crippen LogP contribution in [0.4, 0.5) is 13.2 Å². The van der Waals surface area contributed by atoms with Gasteiger partial charge in [0.05, 0.1) is 18.6 Å². The molecule has 0 radical (unpaired) electrons. The average Bonchev–Trinajstić information content (AvgIpc) is 4.08. The highest BCUT2D eigenvalue weighted by Crippen LogP contribution is 2.55. The van der Waals surface area contributed by atoms with Crippen molar-refractivity contribution in [3.63, 3.8) is 0 Å². The van der Waals surface area contributed by atoms with E-state index in [2.05, 4.69) is 72.1 Å². The lowest BCUT2D eigenvalue weighted by Gasteiger charge is -2.43. The van der Waals surface area contributed by atoms with E-state index < -0.39 is 16.2 Å².